The van der Waals surface area contributed by atoms with Crippen LogP contribution in [-0.2, 0) is 0 Å². The number of hydrogen-bond donors (Lipinski definition) is 3. The van der Waals surface area contributed by atoms with Crippen molar-refractivity contribution in [2.75, 3.05) is 19.5 Å². The highest BCUT2D eigenvalue weighted by Gasteiger charge is 2.04. The normalized spacial score (nSPS) is 11.1. The summed E-state index contributed by atoms with van der Waals surface area (Å²) in [6.45, 7) is 26.4. The Labute approximate surface area is 253 Å². The van der Waals surface area contributed by atoms with Crippen LogP contribution in [0.4, 0.5) is 5.69 Å². The van der Waals surface area contributed by atoms with E-state index < -0.39 is 0 Å². The van der Waals surface area contributed by atoms with Crippen LogP contribution >= 0.6 is 0 Å². The van der Waals surface area contributed by atoms with Crippen LogP contribution in [0.1, 0.15) is 71.1 Å². The fraction of sp³-hybridized carbons (Fsp3) is 0.351. The van der Waals surface area contributed by atoms with Crippen LogP contribution in [0.25, 0.3) is 11.6 Å². The lowest BCUT2D eigenvalue weighted by Gasteiger charge is -2.11. The Morgan fingerprint density at radius 1 is 1.07 bits per heavy atom. The standard InChI is InChI=1S/C18H24N2.C16H22O.C2H6.CH4O.H2/c1-5-7-13-20-18-10-8-9-14(3)16(18)12-11-15(4)17(19)6-2;1-12(2)7-6-8-13(3)15-9-10-16(17-5)14(4)11-15;2*1-2;/h5,7-13,17,20H,1,4,6,19H2,2-3H3;6,8-12H,3,7H2,1-2,4-5H3;1-2H3;2H,1H3;1H/b12-11-,13-7-;8-6-;;;. The minimum absolute atomic E-state index is 0. The predicted molar refractivity (Wildman–Crippen MR) is 188 cm³/mol. The second-order valence-electron chi connectivity index (χ2n) is 9.44. The number of benzene rings is 2. The monoisotopic (exact) mass is 562 g/mol. The number of allylic oxidation sites excluding steroid dienone is 5. The van der Waals surface area contributed by atoms with Crippen molar-refractivity contribution in [3.8, 4) is 5.75 Å². The molecule has 0 aliphatic carbocycles. The molecular formula is C37H58N2O2. The lowest BCUT2D eigenvalue weighted by Crippen LogP contribution is -2.19. The Bertz CT molecular complexity index is 1130. The molecule has 1 atom stereocenters. The molecule has 0 fully saturated rings. The summed E-state index contributed by atoms with van der Waals surface area (Å²) in [7, 11) is 2.69. The molecule has 2 aromatic rings. The second-order valence-corrected chi connectivity index (χ2v) is 9.44. The number of aryl methyl sites for hydroxylation is 2. The largest absolute Gasteiger partial charge is 0.496 e. The predicted octanol–water partition coefficient (Wildman–Crippen LogP) is 9.91. The number of aliphatic hydroxyl groups excluding tert-OH is 1. The van der Waals surface area contributed by atoms with Crippen molar-refractivity contribution in [1.29, 1.82) is 0 Å². The molecule has 0 amide bonds. The van der Waals surface area contributed by atoms with Gasteiger partial charge in [0.1, 0.15) is 5.75 Å². The molecule has 0 spiro atoms. The Morgan fingerprint density at radius 2 is 1.73 bits per heavy atom. The van der Waals surface area contributed by atoms with Crippen molar-refractivity contribution >= 4 is 17.3 Å². The molecule has 0 radical (unpaired) electrons. The SMILES string of the molecule is C=C(/C=C\CC(C)C)c1ccc(OC)c(C)c1.C=C/C=C\Nc1cccc(C)c1/C=C\C(=C)C(N)CC.CC.CO.[HH]. The molecule has 41 heavy (non-hydrogen) atoms. The maximum Gasteiger partial charge on any atom is 0.121 e. The third kappa shape index (κ3) is 16.3. The number of aliphatic hydroxyl groups is 1. The highest BCUT2D eigenvalue weighted by molar-refractivity contribution is 5.73. The quantitative estimate of drug-likeness (QED) is 0.225. The van der Waals surface area contributed by atoms with Crippen LogP contribution < -0.4 is 15.8 Å². The number of nitrogens with one attached hydrogen (secondary N) is 1. The van der Waals surface area contributed by atoms with Gasteiger partial charge in [0, 0.05) is 32.0 Å². The van der Waals surface area contributed by atoms with Gasteiger partial charge in [-0.05, 0) is 84.7 Å². The van der Waals surface area contributed by atoms with Crippen LogP contribution in [-0.4, -0.2) is 25.4 Å². The van der Waals surface area contributed by atoms with Crippen molar-refractivity contribution in [3.05, 3.63) is 121 Å². The first-order valence-corrected chi connectivity index (χ1v) is 14.4. The zero-order chi connectivity index (χ0) is 31.8. The van der Waals surface area contributed by atoms with E-state index in [-0.39, 0.29) is 7.47 Å². The first-order chi connectivity index (χ1) is 19.6. The van der Waals surface area contributed by atoms with Crippen molar-refractivity contribution in [2.24, 2.45) is 11.7 Å². The molecule has 0 aliphatic heterocycles. The number of ether oxygens (including phenoxy) is 1. The van der Waals surface area contributed by atoms with E-state index in [2.05, 4.69) is 83.1 Å². The molecular weight excluding hydrogens is 504 g/mol. The average Bonchev–Trinajstić information content (AvgIpc) is 2.98. The summed E-state index contributed by atoms with van der Waals surface area (Å²) in [5, 5.41) is 10.3. The summed E-state index contributed by atoms with van der Waals surface area (Å²) < 4.78 is 5.24. The molecule has 2 rings (SSSR count). The summed E-state index contributed by atoms with van der Waals surface area (Å²) in [5.74, 6) is 1.62. The third-order valence-electron chi connectivity index (χ3n) is 5.87. The van der Waals surface area contributed by atoms with E-state index in [0.717, 1.165) is 59.2 Å². The summed E-state index contributed by atoms with van der Waals surface area (Å²) in [6, 6.07) is 12.3. The van der Waals surface area contributed by atoms with Gasteiger partial charge in [-0.25, -0.2) is 0 Å². The molecule has 4 nitrogen and oxygen atoms in total. The number of hydrogen-bond acceptors (Lipinski definition) is 4. The van der Waals surface area contributed by atoms with Gasteiger partial charge in [0.2, 0.25) is 0 Å². The molecule has 4 N–H and O–H groups in total. The summed E-state index contributed by atoms with van der Waals surface area (Å²) in [4.78, 5) is 0. The summed E-state index contributed by atoms with van der Waals surface area (Å²) in [5.41, 5.74) is 13.7. The van der Waals surface area contributed by atoms with Crippen LogP contribution in [0.5, 0.6) is 5.75 Å². The molecule has 1 unspecified atom stereocenters. The van der Waals surface area contributed by atoms with E-state index in [1.54, 1.807) is 13.2 Å². The van der Waals surface area contributed by atoms with E-state index in [4.69, 9.17) is 15.6 Å². The third-order valence-corrected chi connectivity index (χ3v) is 5.87. The van der Waals surface area contributed by atoms with Crippen molar-refractivity contribution < 1.29 is 11.3 Å². The van der Waals surface area contributed by atoms with Gasteiger partial charge in [0.25, 0.3) is 0 Å². The van der Waals surface area contributed by atoms with Gasteiger partial charge in [-0.15, -0.1) is 0 Å². The molecule has 4 heteroatoms. The van der Waals surface area contributed by atoms with Crippen LogP contribution in [0.2, 0.25) is 0 Å². The Balaban J connectivity index is -0.000000639. The van der Waals surface area contributed by atoms with Gasteiger partial charge in [-0.3, -0.25) is 0 Å². The van der Waals surface area contributed by atoms with E-state index in [1.807, 2.05) is 63.4 Å². The van der Waals surface area contributed by atoms with Gasteiger partial charge in [-0.2, -0.15) is 0 Å². The lowest BCUT2D eigenvalue weighted by atomic mass is 10.0. The van der Waals surface area contributed by atoms with Crippen molar-refractivity contribution in [3.63, 3.8) is 0 Å². The second kappa shape index (κ2) is 24.2. The van der Waals surface area contributed by atoms with Gasteiger partial charge in [-0.1, -0.05) is 103 Å². The smallest absolute Gasteiger partial charge is 0.121 e. The zero-order valence-corrected chi connectivity index (χ0v) is 27.1. The van der Waals surface area contributed by atoms with Gasteiger partial charge < -0.3 is 20.9 Å². The summed E-state index contributed by atoms with van der Waals surface area (Å²) >= 11 is 0. The van der Waals surface area contributed by atoms with Gasteiger partial charge in [0.15, 0.2) is 0 Å². The molecule has 0 saturated heterocycles. The summed E-state index contributed by atoms with van der Waals surface area (Å²) in [6.07, 6.45) is 15.8. The van der Waals surface area contributed by atoms with E-state index in [9.17, 15) is 0 Å². The Kier molecular flexibility index (Phi) is 23.4. The van der Waals surface area contributed by atoms with Crippen molar-refractivity contribution in [2.45, 2.75) is 67.3 Å². The fourth-order valence-corrected chi connectivity index (χ4v) is 3.47. The maximum atomic E-state index is 7.00. The molecule has 0 aromatic heterocycles. The number of rotatable bonds is 12. The van der Waals surface area contributed by atoms with Crippen LogP contribution in [0.3, 0.4) is 0 Å². The first-order valence-electron chi connectivity index (χ1n) is 14.4. The Morgan fingerprint density at radius 3 is 2.27 bits per heavy atom. The number of nitrogens with two attached hydrogens (primary N) is 1. The van der Waals surface area contributed by atoms with Crippen LogP contribution in [0, 0.1) is 19.8 Å². The van der Waals surface area contributed by atoms with E-state index in [1.165, 1.54) is 5.56 Å². The van der Waals surface area contributed by atoms with Gasteiger partial charge >= 0.3 is 0 Å². The fourth-order valence-electron chi connectivity index (χ4n) is 3.47. The topological polar surface area (TPSA) is 67.5 Å². The highest BCUT2D eigenvalue weighted by atomic mass is 16.5. The molecule has 2 aromatic carbocycles. The molecule has 0 bridgehead atoms. The zero-order valence-electron chi connectivity index (χ0n) is 27.1. The minimum Gasteiger partial charge on any atom is -0.496 e. The Hall–Kier alpha value is -3.60. The molecule has 0 aliphatic rings. The number of anilines is 1. The molecule has 0 saturated carbocycles. The first kappa shape index (κ1) is 39.5. The average molecular weight is 563 g/mol. The van der Waals surface area contributed by atoms with Crippen molar-refractivity contribution in [1.82, 2.24) is 0 Å². The van der Waals surface area contributed by atoms with Crippen LogP contribution in [0.15, 0.2) is 98.3 Å². The van der Waals surface area contributed by atoms with E-state index in [0.29, 0.717) is 5.92 Å². The lowest BCUT2D eigenvalue weighted by molar-refractivity contribution is 0.399. The maximum absolute atomic E-state index is 7.00. The highest BCUT2D eigenvalue weighted by Crippen LogP contribution is 2.24. The van der Waals surface area contributed by atoms with Gasteiger partial charge in [0.05, 0.1) is 7.11 Å². The minimum atomic E-state index is 0. The molecule has 228 valence electrons. The number of methoxy groups -OCH3 is 1. The molecule has 0 heterocycles. The van der Waals surface area contributed by atoms with E-state index >= 15 is 0 Å².